The lowest BCUT2D eigenvalue weighted by molar-refractivity contribution is -0.171. The summed E-state index contributed by atoms with van der Waals surface area (Å²) in [6.45, 7) is 1.93. The van der Waals surface area contributed by atoms with Crippen molar-refractivity contribution >= 4 is 17.7 Å². The summed E-state index contributed by atoms with van der Waals surface area (Å²) in [5.74, 6) is -2.34. The molecular weight excluding hydrogens is 284 g/mol. The van der Waals surface area contributed by atoms with E-state index in [-0.39, 0.29) is 12.2 Å². The molecule has 1 saturated carbocycles. The Hall–Kier alpha value is -2.17. The molecule has 5 nitrogen and oxygen atoms in total. The standard InChI is InChI=1S/C17H20O5/c1-11-6-8-12(9-7-11)14(18)13-5-4-10-17(13,15(19)21-2)16(20)22-3/h6-9,13H,4-5,10H2,1-3H3. The number of carbonyl (C=O) groups is 3. The highest BCUT2D eigenvalue weighted by atomic mass is 16.5. The van der Waals surface area contributed by atoms with Crippen LogP contribution in [0.2, 0.25) is 0 Å². The van der Waals surface area contributed by atoms with Crippen LogP contribution in [0.15, 0.2) is 24.3 Å². The molecule has 118 valence electrons. The summed E-state index contributed by atoms with van der Waals surface area (Å²) in [4.78, 5) is 37.3. The molecule has 1 aliphatic carbocycles. The van der Waals surface area contributed by atoms with Gasteiger partial charge in [0.15, 0.2) is 11.2 Å². The number of aryl methyl sites for hydroxylation is 1. The Balaban J connectivity index is 2.42. The maximum Gasteiger partial charge on any atom is 0.323 e. The summed E-state index contributed by atoms with van der Waals surface area (Å²) in [5.41, 5.74) is 0.00992. The maximum absolute atomic E-state index is 12.8. The van der Waals surface area contributed by atoms with E-state index in [0.29, 0.717) is 18.4 Å². The number of hydrogen-bond donors (Lipinski definition) is 0. The molecule has 0 aromatic heterocycles. The quantitative estimate of drug-likeness (QED) is 0.485. The molecule has 0 heterocycles. The molecule has 0 saturated heterocycles. The largest absolute Gasteiger partial charge is 0.468 e. The van der Waals surface area contributed by atoms with Crippen molar-refractivity contribution in [2.24, 2.45) is 11.3 Å². The molecule has 1 atom stereocenters. The van der Waals surface area contributed by atoms with Gasteiger partial charge in [0.05, 0.1) is 14.2 Å². The summed E-state index contributed by atoms with van der Waals surface area (Å²) < 4.78 is 9.61. The summed E-state index contributed by atoms with van der Waals surface area (Å²) in [5, 5.41) is 0. The Morgan fingerprint density at radius 2 is 1.59 bits per heavy atom. The monoisotopic (exact) mass is 304 g/mol. The van der Waals surface area contributed by atoms with E-state index in [1.165, 1.54) is 14.2 Å². The van der Waals surface area contributed by atoms with Gasteiger partial charge >= 0.3 is 11.9 Å². The van der Waals surface area contributed by atoms with Gasteiger partial charge in [-0.2, -0.15) is 0 Å². The molecule has 0 aliphatic heterocycles. The van der Waals surface area contributed by atoms with Crippen molar-refractivity contribution < 1.29 is 23.9 Å². The van der Waals surface area contributed by atoms with Crippen molar-refractivity contribution in [2.75, 3.05) is 14.2 Å². The molecule has 1 unspecified atom stereocenters. The van der Waals surface area contributed by atoms with Crippen LogP contribution in [-0.2, 0) is 19.1 Å². The minimum absolute atomic E-state index is 0.215. The second-order valence-corrected chi connectivity index (χ2v) is 5.63. The molecule has 1 aliphatic rings. The second kappa shape index (κ2) is 6.30. The number of carbonyl (C=O) groups excluding carboxylic acids is 3. The zero-order valence-corrected chi connectivity index (χ0v) is 13.0. The van der Waals surface area contributed by atoms with Crippen LogP contribution in [0.5, 0.6) is 0 Å². The number of methoxy groups -OCH3 is 2. The normalized spacial score (nSPS) is 19.5. The van der Waals surface area contributed by atoms with Gasteiger partial charge in [-0.05, 0) is 19.8 Å². The fourth-order valence-electron chi connectivity index (χ4n) is 3.22. The SMILES string of the molecule is COC(=O)C1(C(=O)OC)CCCC1C(=O)c1ccc(C)cc1. The van der Waals surface area contributed by atoms with Gasteiger partial charge in [0.25, 0.3) is 0 Å². The van der Waals surface area contributed by atoms with Crippen LogP contribution in [0, 0.1) is 18.3 Å². The van der Waals surface area contributed by atoms with Crippen molar-refractivity contribution in [3.63, 3.8) is 0 Å². The van der Waals surface area contributed by atoms with Crippen LogP contribution >= 0.6 is 0 Å². The van der Waals surface area contributed by atoms with E-state index in [0.717, 1.165) is 5.56 Å². The van der Waals surface area contributed by atoms with Crippen molar-refractivity contribution in [1.29, 1.82) is 0 Å². The van der Waals surface area contributed by atoms with Crippen LogP contribution in [0.25, 0.3) is 0 Å². The van der Waals surface area contributed by atoms with Gasteiger partial charge in [-0.15, -0.1) is 0 Å². The average molecular weight is 304 g/mol. The fourth-order valence-corrected chi connectivity index (χ4v) is 3.22. The molecular formula is C17H20O5. The number of ketones is 1. The predicted molar refractivity (Wildman–Crippen MR) is 79.3 cm³/mol. The van der Waals surface area contributed by atoms with Crippen molar-refractivity contribution in [2.45, 2.75) is 26.2 Å². The van der Waals surface area contributed by atoms with E-state index in [4.69, 9.17) is 9.47 Å². The van der Waals surface area contributed by atoms with Crippen LogP contribution in [-0.4, -0.2) is 31.9 Å². The van der Waals surface area contributed by atoms with Crippen molar-refractivity contribution in [1.82, 2.24) is 0 Å². The van der Waals surface area contributed by atoms with E-state index >= 15 is 0 Å². The van der Waals surface area contributed by atoms with Gasteiger partial charge in [0.1, 0.15) is 0 Å². The zero-order chi connectivity index (χ0) is 16.3. The fraction of sp³-hybridized carbons (Fsp3) is 0.471. The third-order valence-corrected chi connectivity index (χ3v) is 4.41. The minimum atomic E-state index is -1.52. The van der Waals surface area contributed by atoms with E-state index in [1.54, 1.807) is 12.1 Å². The zero-order valence-electron chi connectivity index (χ0n) is 13.0. The summed E-state index contributed by atoms with van der Waals surface area (Å²) in [6.07, 6.45) is 1.35. The highest BCUT2D eigenvalue weighted by Gasteiger charge is 2.59. The molecule has 0 amide bonds. The van der Waals surface area contributed by atoms with Crippen LogP contribution in [0.4, 0.5) is 0 Å². The van der Waals surface area contributed by atoms with E-state index in [1.807, 2.05) is 19.1 Å². The Kier molecular flexibility index (Phi) is 4.64. The molecule has 0 spiro atoms. The topological polar surface area (TPSA) is 69.7 Å². The number of hydrogen-bond acceptors (Lipinski definition) is 5. The van der Waals surface area contributed by atoms with Gasteiger partial charge in [0, 0.05) is 11.5 Å². The van der Waals surface area contributed by atoms with Crippen LogP contribution < -0.4 is 0 Å². The number of esters is 2. The molecule has 1 aromatic rings. The van der Waals surface area contributed by atoms with E-state index < -0.39 is 23.3 Å². The highest BCUT2D eigenvalue weighted by molar-refractivity contribution is 6.09. The lowest BCUT2D eigenvalue weighted by atomic mass is 9.74. The van der Waals surface area contributed by atoms with Gasteiger partial charge in [-0.1, -0.05) is 36.2 Å². The summed E-state index contributed by atoms with van der Waals surface area (Å²) in [7, 11) is 2.44. The van der Waals surface area contributed by atoms with Crippen LogP contribution in [0.3, 0.4) is 0 Å². The highest BCUT2D eigenvalue weighted by Crippen LogP contribution is 2.47. The average Bonchev–Trinajstić information content (AvgIpc) is 2.99. The number of benzene rings is 1. The maximum atomic E-state index is 12.8. The van der Waals surface area contributed by atoms with Gasteiger partial charge in [-0.25, -0.2) is 0 Å². The summed E-state index contributed by atoms with van der Waals surface area (Å²) >= 11 is 0. The minimum Gasteiger partial charge on any atom is -0.468 e. The molecule has 5 heteroatoms. The van der Waals surface area contributed by atoms with E-state index in [2.05, 4.69) is 0 Å². The first-order chi connectivity index (χ1) is 10.5. The third-order valence-electron chi connectivity index (χ3n) is 4.41. The first-order valence-corrected chi connectivity index (χ1v) is 7.25. The van der Waals surface area contributed by atoms with Gasteiger partial charge < -0.3 is 9.47 Å². The Morgan fingerprint density at radius 3 is 2.09 bits per heavy atom. The summed E-state index contributed by atoms with van der Waals surface area (Å²) in [6, 6.07) is 7.10. The van der Waals surface area contributed by atoms with Crippen molar-refractivity contribution in [3.8, 4) is 0 Å². The molecule has 1 aromatic carbocycles. The number of ether oxygens (including phenoxy) is 2. The molecule has 0 bridgehead atoms. The molecule has 0 N–H and O–H groups in total. The smallest absolute Gasteiger partial charge is 0.323 e. The Morgan fingerprint density at radius 1 is 1.05 bits per heavy atom. The third kappa shape index (κ3) is 2.51. The van der Waals surface area contributed by atoms with Crippen molar-refractivity contribution in [3.05, 3.63) is 35.4 Å². The first-order valence-electron chi connectivity index (χ1n) is 7.25. The second-order valence-electron chi connectivity index (χ2n) is 5.63. The Labute approximate surface area is 129 Å². The number of rotatable bonds is 4. The first kappa shape index (κ1) is 16.2. The number of Topliss-reactive ketones (excluding diaryl/α,β-unsaturated/α-hetero) is 1. The van der Waals surface area contributed by atoms with Gasteiger partial charge in [-0.3, -0.25) is 14.4 Å². The molecule has 1 fully saturated rings. The lowest BCUT2D eigenvalue weighted by Crippen LogP contribution is -2.46. The predicted octanol–water partition coefficient (Wildman–Crippen LogP) is 2.31. The lowest BCUT2D eigenvalue weighted by Gasteiger charge is -2.29. The molecule has 2 rings (SSSR count). The molecule has 22 heavy (non-hydrogen) atoms. The van der Waals surface area contributed by atoms with Crippen LogP contribution in [0.1, 0.15) is 35.2 Å². The molecule has 0 radical (unpaired) electrons. The van der Waals surface area contributed by atoms with E-state index in [9.17, 15) is 14.4 Å². The van der Waals surface area contributed by atoms with Gasteiger partial charge in [0.2, 0.25) is 0 Å². The Bertz CT molecular complexity index is 572.